The van der Waals surface area contributed by atoms with Gasteiger partial charge in [-0.3, -0.25) is 4.79 Å². The van der Waals surface area contributed by atoms with E-state index >= 15 is 0 Å². The summed E-state index contributed by atoms with van der Waals surface area (Å²) in [5.74, 6) is -0.505. The molecular weight excluding hydrogens is 247 g/mol. The summed E-state index contributed by atoms with van der Waals surface area (Å²) in [5.41, 5.74) is 0.0687. The maximum Gasteiger partial charge on any atom is 0.227 e. The summed E-state index contributed by atoms with van der Waals surface area (Å²) in [5, 5.41) is 2.93. The van der Waals surface area contributed by atoms with Crippen LogP contribution in [0.15, 0.2) is 18.2 Å². The van der Waals surface area contributed by atoms with Gasteiger partial charge in [-0.25, -0.2) is 4.39 Å². The van der Waals surface area contributed by atoms with Gasteiger partial charge in [0.1, 0.15) is 12.1 Å². The third kappa shape index (κ3) is 2.92. The van der Waals surface area contributed by atoms with Gasteiger partial charge in [-0.2, -0.15) is 0 Å². The molecule has 5 heteroatoms. The zero-order valence-electron chi connectivity index (χ0n) is 11.1. The number of benzene rings is 1. The molecule has 1 N–H and O–H groups in total. The first-order valence-electron chi connectivity index (χ1n) is 6.27. The lowest BCUT2D eigenvalue weighted by Gasteiger charge is -2.22. The van der Waals surface area contributed by atoms with E-state index in [1.54, 1.807) is 26.0 Å². The fourth-order valence-electron chi connectivity index (χ4n) is 2.11. The lowest BCUT2D eigenvalue weighted by molar-refractivity contribution is -0.117. The standard InChI is InChI=1S/C14H17FN2O2/c1-14(2,9-18)16-10-5-6-12(11(15)8-10)17-7-3-4-13(17)19/h5-6,8-9,16H,3-4,7H2,1-2H3. The van der Waals surface area contributed by atoms with Crippen LogP contribution in [0.25, 0.3) is 0 Å². The largest absolute Gasteiger partial charge is 0.373 e. The Hall–Kier alpha value is -1.91. The van der Waals surface area contributed by atoms with Crippen LogP contribution in [-0.4, -0.2) is 24.3 Å². The molecule has 0 unspecified atom stereocenters. The highest BCUT2D eigenvalue weighted by molar-refractivity contribution is 5.95. The maximum atomic E-state index is 14.0. The Morgan fingerprint density at radius 1 is 1.42 bits per heavy atom. The second-order valence-corrected chi connectivity index (χ2v) is 5.28. The predicted octanol–water partition coefficient (Wildman–Crippen LogP) is 2.34. The summed E-state index contributed by atoms with van der Waals surface area (Å²) >= 11 is 0. The highest BCUT2D eigenvalue weighted by Crippen LogP contribution is 2.27. The Balaban J connectivity index is 2.22. The van der Waals surface area contributed by atoms with Gasteiger partial charge in [0.2, 0.25) is 5.91 Å². The molecule has 102 valence electrons. The number of carbonyl (C=O) groups excluding carboxylic acids is 2. The minimum absolute atomic E-state index is 0.0483. The average molecular weight is 264 g/mol. The van der Waals surface area contributed by atoms with Crippen LogP contribution in [0.3, 0.4) is 0 Å². The van der Waals surface area contributed by atoms with Crippen LogP contribution in [0.1, 0.15) is 26.7 Å². The molecule has 0 radical (unpaired) electrons. The number of hydrogen-bond acceptors (Lipinski definition) is 3. The van der Waals surface area contributed by atoms with Crippen LogP contribution in [0, 0.1) is 5.82 Å². The smallest absolute Gasteiger partial charge is 0.227 e. The Labute approximate surface area is 111 Å². The van der Waals surface area contributed by atoms with E-state index in [0.717, 1.165) is 12.7 Å². The third-order valence-electron chi connectivity index (χ3n) is 3.07. The SMILES string of the molecule is CC(C)(C=O)Nc1ccc(N2CCCC2=O)c(F)c1. The van der Waals surface area contributed by atoms with Crippen molar-refractivity contribution >= 4 is 23.6 Å². The molecule has 1 aliphatic heterocycles. The van der Waals surface area contributed by atoms with E-state index in [2.05, 4.69) is 5.32 Å². The van der Waals surface area contributed by atoms with Crippen molar-refractivity contribution in [1.82, 2.24) is 0 Å². The minimum atomic E-state index is -0.753. The molecule has 1 fully saturated rings. The first-order chi connectivity index (χ1) is 8.93. The lowest BCUT2D eigenvalue weighted by atomic mass is 10.1. The molecule has 4 nitrogen and oxygen atoms in total. The number of nitrogens with zero attached hydrogens (tertiary/aromatic N) is 1. The fraction of sp³-hybridized carbons (Fsp3) is 0.429. The number of amides is 1. The van der Waals surface area contributed by atoms with Crippen molar-refractivity contribution < 1.29 is 14.0 Å². The van der Waals surface area contributed by atoms with Crippen LogP contribution in [0.5, 0.6) is 0 Å². The topological polar surface area (TPSA) is 49.4 Å². The zero-order chi connectivity index (χ0) is 14.0. The molecule has 1 aliphatic rings. The maximum absolute atomic E-state index is 14.0. The number of carbonyl (C=O) groups is 2. The summed E-state index contributed by atoms with van der Waals surface area (Å²) in [4.78, 5) is 23.9. The van der Waals surface area contributed by atoms with Crippen LogP contribution in [0.4, 0.5) is 15.8 Å². The molecule has 0 atom stereocenters. The monoisotopic (exact) mass is 264 g/mol. The molecule has 19 heavy (non-hydrogen) atoms. The van der Waals surface area contributed by atoms with Gasteiger partial charge in [-0.1, -0.05) is 0 Å². The van der Waals surface area contributed by atoms with Gasteiger partial charge in [0.25, 0.3) is 0 Å². The van der Waals surface area contributed by atoms with Gasteiger partial charge < -0.3 is 15.0 Å². The molecule has 1 saturated heterocycles. The number of aldehydes is 1. The van der Waals surface area contributed by atoms with Crippen molar-refractivity contribution in [2.45, 2.75) is 32.2 Å². The molecule has 0 spiro atoms. The van der Waals surface area contributed by atoms with Gasteiger partial charge in [0, 0.05) is 18.7 Å². The average Bonchev–Trinajstić information content (AvgIpc) is 2.75. The Morgan fingerprint density at radius 2 is 2.16 bits per heavy atom. The van der Waals surface area contributed by atoms with E-state index in [0.29, 0.717) is 24.3 Å². The molecule has 2 rings (SSSR count). The predicted molar refractivity (Wildman–Crippen MR) is 71.8 cm³/mol. The lowest BCUT2D eigenvalue weighted by Crippen LogP contribution is -2.32. The van der Waals surface area contributed by atoms with Crippen LogP contribution in [-0.2, 0) is 9.59 Å². The van der Waals surface area contributed by atoms with Crippen LogP contribution >= 0.6 is 0 Å². The fourth-order valence-corrected chi connectivity index (χ4v) is 2.11. The highest BCUT2D eigenvalue weighted by atomic mass is 19.1. The van der Waals surface area contributed by atoms with Crippen molar-refractivity contribution in [1.29, 1.82) is 0 Å². The zero-order valence-corrected chi connectivity index (χ0v) is 11.1. The van der Waals surface area contributed by atoms with Gasteiger partial charge in [-0.15, -0.1) is 0 Å². The number of rotatable bonds is 4. The van der Waals surface area contributed by atoms with Gasteiger partial charge in [0.05, 0.1) is 11.2 Å². The quantitative estimate of drug-likeness (QED) is 0.849. The normalized spacial score (nSPS) is 15.7. The van der Waals surface area contributed by atoms with Crippen molar-refractivity contribution in [3.63, 3.8) is 0 Å². The van der Waals surface area contributed by atoms with Crippen molar-refractivity contribution in [2.75, 3.05) is 16.8 Å². The summed E-state index contributed by atoms with van der Waals surface area (Å²) in [6.07, 6.45) is 2.00. The van der Waals surface area contributed by atoms with Crippen LogP contribution in [0.2, 0.25) is 0 Å². The van der Waals surface area contributed by atoms with Crippen molar-refractivity contribution in [3.05, 3.63) is 24.0 Å². The summed E-state index contributed by atoms with van der Waals surface area (Å²) in [7, 11) is 0. The van der Waals surface area contributed by atoms with Gasteiger partial charge >= 0.3 is 0 Å². The van der Waals surface area contributed by atoms with E-state index in [-0.39, 0.29) is 5.91 Å². The van der Waals surface area contributed by atoms with E-state index < -0.39 is 11.4 Å². The molecule has 0 aliphatic carbocycles. The molecule has 1 amide bonds. The Kier molecular flexibility index (Phi) is 3.55. The first kappa shape index (κ1) is 13.5. The molecule has 0 saturated carbocycles. The second-order valence-electron chi connectivity index (χ2n) is 5.28. The van der Waals surface area contributed by atoms with E-state index in [4.69, 9.17) is 0 Å². The van der Waals surface area contributed by atoms with E-state index in [1.165, 1.54) is 11.0 Å². The summed E-state index contributed by atoms with van der Waals surface area (Å²) < 4.78 is 14.0. The first-order valence-corrected chi connectivity index (χ1v) is 6.27. The Bertz CT molecular complexity index is 514. The van der Waals surface area contributed by atoms with Gasteiger partial charge in [0.15, 0.2) is 0 Å². The molecular formula is C14H17FN2O2. The van der Waals surface area contributed by atoms with Gasteiger partial charge in [-0.05, 0) is 38.5 Å². The van der Waals surface area contributed by atoms with Crippen molar-refractivity contribution in [3.8, 4) is 0 Å². The number of anilines is 2. The van der Waals surface area contributed by atoms with E-state index in [1.807, 2.05) is 0 Å². The highest BCUT2D eigenvalue weighted by Gasteiger charge is 2.24. The molecule has 0 bridgehead atoms. The number of nitrogens with one attached hydrogen (secondary N) is 1. The third-order valence-corrected chi connectivity index (χ3v) is 3.07. The van der Waals surface area contributed by atoms with E-state index in [9.17, 15) is 14.0 Å². The molecule has 0 aromatic heterocycles. The second kappa shape index (κ2) is 4.99. The van der Waals surface area contributed by atoms with Crippen LogP contribution < -0.4 is 10.2 Å². The van der Waals surface area contributed by atoms with Crippen molar-refractivity contribution in [2.24, 2.45) is 0 Å². The number of hydrogen-bond donors (Lipinski definition) is 1. The molecule has 1 heterocycles. The Morgan fingerprint density at radius 3 is 2.68 bits per heavy atom. The number of halogens is 1. The summed E-state index contributed by atoms with van der Waals surface area (Å²) in [6, 6.07) is 4.56. The summed E-state index contributed by atoms with van der Waals surface area (Å²) in [6.45, 7) is 3.97. The minimum Gasteiger partial charge on any atom is -0.373 e. The molecule has 1 aromatic rings. The molecule has 1 aromatic carbocycles.